The summed E-state index contributed by atoms with van der Waals surface area (Å²) >= 11 is 0. The van der Waals surface area contributed by atoms with Gasteiger partial charge < -0.3 is 5.32 Å². The Hall–Kier alpha value is -3.43. The van der Waals surface area contributed by atoms with Crippen LogP contribution < -0.4 is 9.80 Å². The van der Waals surface area contributed by atoms with Crippen molar-refractivity contribution < 1.29 is 4.79 Å². The van der Waals surface area contributed by atoms with Crippen LogP contribution in [0.3, 0.4) is 0 Å². The quantitative estimate of drug-likeness (QED) is 0.424. The van der Waals surface area contributed by atoms with Gasteiger partial charge >= 0.3 is 0 Å². The summed E-state index contributed by atoms with van der Waals surface area (Å²) in [5, 5.41) is 2.90. The number of benzene rings is 3. The number of anilines is 1. The van der Waals surface area contributed by atoms with E-state index in [4.69, 9.17) is 0 Å². The van der Waals surface area contributed by atoms with E-state index in [1.807, 2.05) is 6.07 Å². The van der Waals surface area contributed by atoms with Gasteiger partial charge in [0.2, 0.25) is 5.91 Å². The predicted molar refractivity (Wildman–Crippen MR) is 128 cm³/mol. The van der Waals surface area contributed by atoms with Crippen molar-refractivity contribution in [1.82, 2.24) is 4.48 Å². The summed E-state index contributed by atoms with van der Waals surface area (Å²) in [5.41, 5.74) is 9.23. The van der Waals surface area contributed by atoms with Crippen molar-refractivity contribution in [3.63, 3.8) is 0 Å². The van der Waals surface area contributed by atoms with Crippen LogP contribution in [0.4, 0.5) is 11.4 Å². The highest BCUT2D eigenvalue weighted by molar-refractivity contribution is 6.03. The first-order valence-electron chi connectivity index (χ1n) is 10.2. The number of nitrogens with one attached hydrogen (secondary N) is 1. The Kier molecular flexibility index (Phi) is 5.15. The van der Waals surface area contributed by atoms with Gasteiger partial charge in [-0.3, -0.25) is 9.28 Å². The molecule has 150 valence electrons. The van der Waals surface area contributed by atoms with E-state index in [9.17, 15) is 4.79 Å². The number of carbonyl (C=O) groups is 1. The second-order valence-corrected chi connectivity index (χ2v) is 8.53. The zero-order valence-electron chi connectivity index (χ0n) is 17.9. The van der Waals surface area contributed by atoms with Gasteiger partial charge in [0.15, 0.2) is 0 Å². The molecule has 1 aliphatic carbocycles. The molecule has 1 aliphatic rings. The van der Waals surface area contributed by atoms with E-state index in [-0.39, 0.29) is 5.91 Å². The third-order valence-corrected chi connectivity index (χ3v) is 5.36. The molecule has 0 radical (unpaired) electrons. The first-order valence-corrected chi connectivity index (χ1v) is 10.2. The SMILES string of the molecule is CC(=O)Nc1ccc2c(c1)C(=CC=Cc1ccc([N+](C)(C)C)cc1)c1ccccc1-2. The van der Waals surface area contributed by atoms with Gasteiger partial charge in [-0.25, -0.2) is 0 Å². The highest BCUT2D eigenvalue weighted by Gasteiger charge is 2.22. The number of nitrogens with zero attached hydrogens (tertiary/aromatic N) is 1. The summed E-state index contributed by atoms with van der Waals surface area (Å²) in [7, 11) is 6.50. The van der Waals surface area contributed by atoms with E-state index < -0.39 is 0 Å². The molecular formula is C27H27N2O+. The van der Waals surface area contributed by atoms with Gasteiger partial charge in [-0.05, 0) is 69.8 Å². The Bertz CT molecular complexity index is 1160. The highest BCUT2D eigenvalue weighted by Crippen LogP contribution is 2.45. The highest BCUT2D eigenvalue weighted by atomic mass is 16.1. The summed E-state index contributed by atoms with van der Waals surface area (Å²) in [6, 6.07) is 23.2. The lowest BCUT2D eigenvalue weighted by molar-refractivity contribution is -0.114. The molecule has 3 nitrogen and oxygen atoms in total. The number of hydrogen-bond acceptors (Lipinski definition) is 1. The zero-order valence-corrected chi connectivity index (χ0v) is 17.9. The number of amides is 1. The van der Waals surface area contributed by atoms with Crippen LogP contribution in [0.1, 0.15) is 23.6 Å². The minimum atomic E-state index is -0.0618. The van der Waals surface area contributed by atoms with Crippen molar-refractivity contribution >= 4 is 28.9 Å². The van der Waals surface area contributed by atoms with Crippen molar-refractivity contribution in [3.05, 3.63) is 95.6 Å². The first kappa shape index (κ1) is 19.9. The van der Waals surface area contributed by atoms with Crippen LogP contribution in [0.5, 0.6) is 0 Å². The van der Waals surface area contributed by atoms with Crippen molar-refractivity contribution in [2.45, 2.75) is 6.92 Å². The van der Waals surface area contributed by atoms with Gasteiger partial charge in [0.1, 0.15) is 5.69 Å². The lowest BCUT2D eigenvalue weighted by Crippen LogP contribution is -2.34. The molecule has 3 heteroatoms. The van der Waals surface area contributed by atoms with E-state index in [0.717, 1.165) is 15.7 Å². The molecule has 0 unspecified atom stereocenters. The van der Waals surface area contributed by atoms with E-state index in [1.165, 1.54) is 40.4 Å². The van der Waals surface area contributed by atoms with Crippen molar-refractivity contribution in [2.75, 3.05) is 26.5 Å². The van der Waals surface area contributed by atoms with E-state index in [2.05, 4.69) is 105 Å². The number of allylic oxidation sites excluding steroid dienone is 2. The second kappa shape index (κ2) is 7.77. The van der Waals surface area contributed by atoms with E-state index in [1.54, 1.807) is 0 Å². The van der Waals surface area contributed by atoms with Gasteiger partial charge in [-0.1, -0.05) is 48.6 Å². The molecule has 0 aliphatic heterocycles. The monoisotopic (exact) mass is 395 g/mol. The number of carbonyl (C=O) groups excluding carboxylic acids is 1. The maximum Gasteiger partial charge on any atom is 0.221 e. The van der Waals surface area contributed by atoms with Crippen LogP contribution >= 0.6 is 0 Å². The van der Waals surface area contributed by atoms with Crippen LogP contribution in [0.15, 0.2) is 78.9 Å². The summed E-state index contributed by atoms with van der Waals surface area (Å²) in [6.45, 7) is 1.53. The van der Waals surface area contributed by atoms with E-state index in [0.29, 0.717) is 0 Å². The smallest absolute Gasteiger partial charge is 0.221 e. The summed E-state index contributed by atoms with van der Waals surface area (Å²) in [5.74, 6) is -0.0618. The molecule has 0 fully saturated rings. The molecule has 0 saturated carbocycles. The molecule has 0 atom stereocenters. The molecule has 3 aromatic rings. The third kappa shape index (κ3) is 3.98. The largest absolute Gasteiger partial charge is 0.326 e. The fourth-order valence-corrected chi connectivity index (χ4v) is 3.85. The van der Waals surface area contributed by atoms with Gasteiger partial charge in [-0.2, -0.15) is 0 Å². The van der Waals surface area contributed by atoms with Crippen LogP contribution in [0.25, 0.3) is 22.8 Å². The number of quaternary nitrogens is 1. The molecule has 1 N–H and O–H groups in total. The Balaban J connectivity index is 1.69. The Morgan fingerprint density at radius 1 is 0.833 bits per heavy atom. The minimum Gasteiger partial charge on any atom is -0.326 e. The average Bonchev–Trinajstić information content (AvgIpc) is 3.01. The fourth-order valence-electron chi connectivity index (χ4n) is 3.85. The predicted octanol–water partition coefficient (Wildman–Crippen LogP) is 5.97. The van der Waals surface area contributed by atoms with Gasteiger partial charge in [-0.15, -0.1) is 0 Å². The third-order valence-electron chi connectivity index (χ3n) is 5.36. The lowest BCUT2D eigenvalue weighted by Gasteiger charge is -2.23. The Morgan fingerprint density at radius 2 is 1.50 bits per heavy atom. The van der Waals surface area contributed by atoms with Gasteiger partial charge in [0, 0.05) is 12.6 Å². The molecule has 0 heterocycles. The molecule has 1 amide bonds. The van der Waals surface area contributed by atoms with Crippen molar-refractivity contribution in [2.24, 2.45) is 0 Å². The summed E-state index contributed by atoms with van der Waals surface area (Å²) in [6.07, 6.45) is 6.40. The molecular weight excluding hydrogens is 368 g/mol. The molecule has 30 heavy (non-hydrogen) atoms. The molecule has 0 bridgehead atoms. The van der Waals surface area contributed by atoms with Crippen molar-refractivity contribution in [1.29, 1.82) is 0 Å². The summed E-state index contributed by atoms with van der Waals surface area (Å²) < 4.78 is 0.804. The van der Waals surface area contributed by atoms with Gasteiger partial charge in [0.05, 0.1) is 21.1 Å². The molecule has 0 aromatic heterocycles. The van der Waals surface area contributed by atoms with Crippen LogP contribution in [-0.2, 0) is 4.79 Å². The first-order chi connectivity index (χ1) is 14.3. The van der Waals surface area contributed by atoms with E-state index >= 15 is 0 Å². The molecule has 4 rings (SSSR count). The maximum atomic E-state index is 11.5. The normalized spacial score (nSPS) is 14.1. The maximum absolute atomic E-state index is 11.5. The molecule has 3 aromatic carbocycles. The van der Waals surface area contributed by atoms with Crippen LogP contribution in [0, 0.1) is 0 Å². The summed E-state index contributed by atoms with van der Waals surface area (Å²) in [4.78, 5) is 11.5. The second-order valence-electron chi connectivity index (χ2n) is 8.53. The van der Waals surface area contributed by atoms with Crippen LogP contribution in [0.2, 0.25) is 0 Å². The lowest BCUT2D eigenvalue weighted by atomic mass is 10.0. The number of fused-ring (bicyclic) bond motifs is 3. The Morgan fingerprint density at radius 3 is 2.17 bits per heavy atom. The van der Waals surface area contributed by atoms with Crippen LogP contribution in [-0.4, -0.2) is 27.1 Å². The number of rotatable bonds is 4. The molecule has 0 saturated heterocycles. The van der Waals surface area contributed by atoms with Gasteiger partial charge in [0.25, 0.3) is 0 Å². The van der Waals surface area contributed by atoms with Crippen molar-refractivity contribution in [3.8, 4) is 11.1 Å². The zero-order chi connectivity index (χ0) is 21.3. The topological polar surface area (TPSA) is 29.1 Å². The number of hydrogen-bond donors (Lipinski definition) is 1. The Labute approximate surface area is 178 Å². The minimum absolute atomic E-state index is 0.0618. The fraction of sp³-hybridized carbons (Fsp3) is 0.148. The molecule has 0 spiro atoms. The standard InChI is InChI=1S/C27H26N2O/c1-19(30)28-21-14-17-26-24-10-6-5-9-23(24)25(27(26)18-21)11-7-8-20-12-15-22(16-13-20)29(2,3)4/h5-18H,1-4H3/p+1. The average molecular weight is 396 g/mol.